The van der Waals surface area contributed by atoms with Crippen molar-refractivity contribution in [1.29, 1.82) is 0 Å². The average Bonchev–Trinajstić information content (AvgIpc) is 2.98. The van der Waals surface area contributed by atoms with Crippen LogP contribution in [-0.4, -0.2) is 64.3 Å². The van der Waals surface area contributed by atoms with Gasteiger partial charge in [-0.3, -0.25) is 4.99 Å². The van der Waals surface area contributed by atoms with Crippen LogP contribution in [0, 0.1) is 10.8 Å². The first-order valence-corrected chi connectivity index (χ1v) is 10.1. The molecule has 0 heterocycles. The van der Waals surface area contributed by atoms with Crippen LogP contribution in [0.25, 0.3) is 0 Å². The molecule has 2 N–H and O–H groups in total. The summed E-state index contributed by atoms with van der Waals surface area (Å²) in [6.07, 6.45) is 6.45. The van der Waals surface area contributed by atoms with Crippen LogP contribution in [0.2, 0.25) is 0 Å². The van der Waals surface area contributed by atoms with Crippen LogP contribution in [0.15, 0.2) is 4.99 Å². The van der Waals surface area contributed by atoms with E-state index >= 15 is 0 Å². The first kappa shape index (κ1) is 25.9. The zero-order valence-electron chi connectivity index (χ0n) is 18.0. The Balaban J connectivity index is 0.00000625. The van der Waals surface area contributed by atoms with Crippen LogP contribution in [-0.2, 0) is 4.74 Å². The van der Waals surface area contributed by atoms with Gasteiger partial charge in [0.15, 0.2) is 5.96 Å². The van der Waals surface area contributed by atoms with E-state index in [-0.39, 0.29) is 29.4 Å². The van der Waals surface area contributed by atoms with Gasteiger partial charge >= 0.3 is 0 Å². The lowest BCUT2D eigenvalue weighted by Gasteiger charge is -2.31. The van der Waals surface area contributed by atoms with E-state index in [0.717, 1.165) is 51.8 Å². The number of rotatable bonds is 11. The Kier molecular flexibility index (Phi) is 13.1. The van der Waals surface area contributed by atoms with Gasteiger partial charge in [0, 0.05) is 39.4 Å². The summed E-state index contributed by atoms with van der Waals surface area (Å²) in [5, 5.41) is 7.04. The fourth-order valence-electron chi connectivity index (χ4n) is 3.89. The topological polar surface area (TPSA) is 48.9 Å². The van der Waals surface area contributed by atoms with Gasteiger partial charge in [-0.15, -0.1) is 24.0 Å². The van der Waals surface area contributed by atoms with Gasteiger partial charge in [0.1, 0.15) is 0 Å². The molecule has 0 amide bonds. The van der Waals surface area contributed by atoms with Gasteiger partial charge < -0.3 is 20.3 Å². The number of guanidine groups is 1. The maximum absolute atomic E-state index is 5.63. The monoisotopic (exact) mass is 482 g/mol. The Morgan fingerprint density at radius 3 is 2.35 bits per heavy atom. The third-order valence-corrected chi connectivity index (χ3v) is 5.03. The Hall–Kier alpha value is -0.0800. The van der Waals surface area contributed by atoms with Crippen molar-refractivity contribution >= 4 is 29.9 Å². The number of hydrogen-bond donors (Lipinski definition) is 2. The molecule has 1 aliphatic rings. The summed E-state index contributed by atoms with van der Waals surface area (Å²) < 4.78 is 5.63. The third-order valence-electron chi connectivity index (χ3n) is 5.03. The Labute approximate surface area is 179 Å². The molecule has 156 valence electrons. The highest BCUT2D eigenvalue weighted by Gasteiger charge is 2.33. The molecule has 0 unspecified atom stereocenters. The number of nitrogens with zero attached hydrogens (tertiary/aromatic N) is 2. The van der Waals surface area contributed by atoms with Crippen molar-refractivity contribution in [3.63, 3.8) is 0 Å². The first-order chi connectivity index (χ1) is 11.8. The van der Waals surface area contributed by atoms with Crippen molar-refractivity contribution < 1.29 is 4.74 Å². The van der Waals surface area contributed by atoms with E-state index in [1.54, 1.807) is 0 Å². The van der Waals surface area contributed by atoms with Crippen LogP contribution < -0.4 is 10.6 Å². The molecule has 0 saturated heterocycles. The van der Waals surface area contributed by atoms with E-state index in [0.29, 0.717) is 5.41 Å². The van der Waals surface area contributed by atoms with Gasteiger partial charge in [-0.2, -0.15) is 0 Å². The number of hydrogen-bond acceptors (Lipinski definition) is 3. The summed E-state index contributed by atoms with van der Waals surface area (Å²) in [5.74, 6) is 0.956. The van der Waals surface area contributed by atoms with Gasteiger partial charge in [0.05, 0.1) is 0 Å². The maximum Gasteiger partial charge on any atom is 0.191 e. The van der Waals surface area contributed by atoms with E-state index in [2.05, 4.69) is 57.3 Å². The van der Waals surface area contributed by atoms with E-state index in [1.165, 1.54) is 25.7 Å². The van der Waals surface area contributed by atoms with E-state index < -0.39 is 0 Å². The summed E-state index contributed by atoms with van der Waals surface area (Å²) >= 11 is 0. The van der Waals surface area contributed by atoms with Gasteiger partial charge in [0.25, 0.3) is 0 Å². The molecule has 0 aromatic rings. The van der Waals surface area contributed by atoms with Crippen molar-refractivity contribution in [2.24, 2.45) is 15.8 Å². The normalized spacial score (nSPS) is 17.3. The summed E-state index contributed by atoms with van der Waals surface area (Å²) in [6.45, 7) is 14.2. The van der Waals surface area contributed by atoms with Crippen LogP contribution in [0.3, 0.4) is 0 Å². The van der Waals surface area contributed by atoms with E-state index in [4.69, 9.17) is 9.73 Å². The fraction of sp³-hybridized carbons (Fsp3) is 0.950. The number of ether oxygens (including phenoxy) is 1. The lowest BCUT2D eigenvalue weighted by atomic mass is 9.83. The minimum absolute atomic E-state index is 0. The second kappa shape index (κ2) is 13.2. The van der Waals surface area contributed by atoms with Crippen molar-refractivity contribution in [2.45, 2.75) is 59.8 Å². The quantitative estimate of drug-likeness (QED) is 0.204. The van der Waals surface area contributed by atoms with Crippen molar-refractivity contribution in [1.82, 2.24) is 15.5 Å². The molecule has 5 nitrogen and oxygen atoms in total. The van der Waals surface area contributed by atoms with E-state index in [1.807, 2.05) is 0 Å². The second-order valence-corrected chi connectivity index (χ2v) is 8.60. The Morgan fingerprint density at radius 2 is 1.81 bits per heavy atom. The summed E-state index contributed by atoms with van der Waals surface area (Å²) in [5.41, 5.74) is 0.552. The molecule has 1 saturated carbocycles. The van der Waals surface area contributed by atoms with Crippen molar-refractivity contribution in [2.75, 3.05) is 53.5 Å². The molecule has 0 aliphatic heterocycles. The molecule has 6 heteroatoms. The molecule has 0 aromatic carbocycles. The average molecular weight is 482 g/mol. The molecular formula is C20H43IN4O. The zero-order chi connectivity index (χ0) is 18.8. The minimum Gasteiger partial charge on any atom is -0.382 e. The number of aliphatic imine (C=N–C) groups is 1. The number of nitrogens with one attached hydrogen (secondary N) is 2. The molecule has 0 radical (unpaired) electrons. The maximum atomic E-state index is 5.63. The molecule has 0 atom stereocenters. The molecular weight excluding hydrogens is 439 g/mol. The van der Waals surface area contributed by atoms with Gasteiger partial charge in [-0.05, 0) is 58.0 Å². The lowest BCUT2D eigenvalue weighted by molar-refractivity contribution is 0.105. The first-order valence-electron chi connectivity index (χ1n) is 10.1. The van der Waals surface area contributed by atoms with Gasteiger partial charge in [0.2, 0.25) is 0 Å². The predicted molar refractivity (Wildman–Crippen MR) is 124 cm³/mol. The lowest BCUT2D eigenvalue weighted by Crippen LogP contribution is -2.44. The highest BCUT2D eigenvalue weighted by molar-refractivity contribution is 14.0. The third kappa shape index (κ3) is 10.3. The number of halogens is 1. The van der Waals surface area contributed by atoms with Crippen LogP contribution in [0.4, 0.5) is 0 Å². The Morgan fingerprint density at radius 1 is 1.15 bits per heavy atom. The molecule has 1 rings (SSSR count). The van der Waals surface area contributed by atoms with Crippen LogP contribution in [0.5, 0.6) is 0 Å². The van der Waals surface area contributed by atoms with Crippen LogP contribution >= 0.6 is 24.0 Å². The predicted octanol–water partition coefficient (Wildman–Crippen LogP) is 3.73. The van der Waals surface area contributed by atoms with Gasteiger partial charge in [-0.25, -0.2) is 0 Å². The SMILES string of the molecule is CCNC(=NCC(C)(C)CN(C)C)NCC1(CCOCC)CCCC1.I. The molecule has 1 aliphatic carbocycles. The summed E-state index contributed by atoms with van der Waals surface area (Å²) in [4.78, 5) is 7.10. The smallest absolute Gasteiger partial charge is 0.191 e. The highest BCUT2D eigenvalue weighted by atomic mass is 127. The molecule has 1 fully saturated rings. The largest absolute Gasteiger partial charge is 0.382 e. The molecule has 0 bridgehead atoms. The summed E-state index contributed by atoms with van der Waals surface area (Å²) in [7, 11) is 4.24. The molecule has 26 heavy (non-hydrogen) atoms. The van der Waals surface area contributed by atoms with Crippen molar-refractivity contribution in [3.05, 3.63) is 0 Å². The Bertz CT molecular complexity index is 393. The van der Waals surface area contributed by atoms with Gasteiger partial charge in [-0.1, -0.05) is 26.7 Å². The highest BCUT2D eigenvalue weighted by Crippen LogP contribution is 2.40. The van der Waals surface area contributed by atoms with Crippen molar-refractivity contribution in [3.8, 4) is 0 Å². The molecule has 0 spiro atoms. The second-order valence-electron chi connectivity index (χ2n) is 8.60. The summed E-state index contributed by atoms with van der Waals surface area (Å²) in [6, 6.07) is 0. The minimum atomic E-state index is 0. The van der Waals surface area contributed by atoms with Crippen LogP contribution in [0.1, 0.15) is 59.8 Å². The fourth-order valence-corrected chi connectivity index (χ4v) is 3.89. The zero-order valence-corrected chi connectivity index (χ0v) is 20.3. The molecule has 0 aromatic heterocycles. The standard InChI is InChI=1S/C20H42N4O.HI/c1-7-21-18(22-15-19(3,4)17-24(5)6)23-16-20(11-9-10-12-20)13-14-25-8-2;/h7-17H2,1-6H3,(H2,21,22,23);1H. The van der Waals surface area contributed by atoms with E-state index in [9.17, 15) is 0 Å².